The van der Waals surface area contributed by atoms with Crippen LogP contribution in [0, 0.1) is 0 Å². The van der Waals surface area contributed by atoms with Gasteiger partial charge >= 0.3 is 0 Å². The first-order valence-corrected chi connectivity index (χ1v) is 18.7. The SMILES string of the molecule is c1ccc(-c2ccc(-c3cc(-c4cc(-n5c6ccccc6c6cnccc65)cc(-n5c6ccccc6c6cnccc65)c4)nc(-c4ccccc4)n3)cc2)cc1. The number of rotatable bonds is 6. The molecule has 6 heteroatoms. The predicted octanol–water partition coefficient (Wildman–Crippen LogP) is 12.1. The molecule has 0 unspecified atom stereocenters. The number of para-hydroxylation sites is 2. The van der Waals surface area contributed by atoms with E-state index in [9.17, 15) is 0 Å². The van der Waals surface area contributed by atoms with E-state index in [2.05, 4.69) is 165 Å². The Balaban J connectivity index is 1.19. The minimum atomic E-state index is 0.670. The molecule has 11 rings (SSSR count). The Bertz CT molecular complexity index is 3000. The molecule has 0 aliphatic rings. The molecule has 0 fully saturated rings. The molecule has 11 aromatic rings. The first-order valence-electron chi connectivity index (χ1n) is 18.7. The molecule has 0 bridgehead atoms. The monoisotopic (exact) mass is 716 g/mol. The van der Waals surface area contributed by atoms with E-state index in [0.29, 0.717) is 5.82 Å². The lowest BCUT2D eigenvalue weighted by Gasteiger charge is -2.16. The first-order chi connectivity index (χ1) is 27.8. The van der Waals surface area contributed by atoms with Gasteiger partial charge in [0.1, 0.15) is 0 Å². The maximum absolute atomic E-state index is 5.31. The van der Waals surface area contributed by atoms with Crippen LogP contribution in [0.1, 0.15) is 0 Å². The Morgan fingerprint density at radius 3 is 1.34 bits per heavy atom. The van der Waals surface area contributed by atoms with Gasteiger partial charge in [0.15, 0.2) is 5.82 Å². The highest BCUT2D eigenvalue weighted by Gasteiger charge is 2.19. The third-order valence-corrected chi connectivity index (χ3v) is 10.7. The van der Waals surface area contributed by atoms with Gasteiger partial charge in [-0.1, -0.05) is 121 Å². The van der Waals surface area contributed by atoms with Gasteiger partial charge in [-0.05, 0) is 59.7 Å². The molecular formula is C50H32N6. The summed E-state index contributed by atoms with van der Waals surface area (Å²) in [7, 11) is 0. The van der Waals surface area contributed by atoms with E-state index in [0.717, 1.165) is 88.6 Å². The highest BCUT2D eigenvalue weighted by molar-refractivity contribution is 6.10. The van der Waals surface area contributed by atoms with E-state index in [1.807, 2.05) is 49.1 Å². The number of aromatic nitrogens is 6. The lowest BCUT2D eigenvalue weighted by Crippen LogP contribution is -2.01. The first kappa shape index (κ1) is 31.8. The molecule has 0 saturated heterocycles. The van der Waals surface area contributed by atoms with Crippen molar-refractivity contribution in [2.45, 2.75) is 0 Å². The van der Waals surface area contributed by atoms with E-state index in [4.69, 9.17) is 9.97 Å². The Kier molecular flexibility index (Phi) is 7.38. The van der Waals surface area contributed by atoms with Crippen molar-refractivity contribution in [2.24, 2.45) is 0 Å². The molecule has 0 radical (unpaired) electrons. The fourth-order valence-electron chi connectivity index (χ4n) is 8.11. The van der Waals surface area contributed by atoms with Crippen LogP contribution in [-0.2, 0) is 0 Å². The number of fused-ring (bicyclic) bond motifs is 6. The fourth-order valence-corrected chi connectivity index (χ4v) is 8.11. The van der Waals surface area contributed by atoms with Gasteiger partial charge in [-0.2, -0.15) is 0 Å². The zero-order valence-electron chi connectivity index (χ0n) is 30.2. The standard InChI is InChI=1S/C50H32N6/c1-3-11-33(12-4-1)34-19-21-35(22-20-34)44-30-45(54-50(53-44)36-13-5-2-6-14-36)37-27-38(55-46-17-9-7-15-40(46)42-31-51-25-23-48(42)55)29-39(28-37)56-47-18-10-8-16-41(47)43-32-52-26-24-49(43)56/h1-32H. The van der Waals surface area contributed by atoms with Crippen LogP contribution in [0.5, 0.6) is 0 Å². The maximum Gasteiger partial charge on any atom is 0.160 e. The Morgan fingerprint density at radius 1 is 0.321 bits per heavy atom. The molecule has 0 N–H and O–H groups in total. The van der Waals surface area contributed by atoms with E-state index in [1.165, 1.54) is 5.56 Å². The molecule has 0 aliphatic heterocycles. The largest absolute Gasteiger partial charge is 0.309 e. The summed E-state index contributed by atoms with van der Waals surface area (Å²) in [5.41, 5.74) is 13.4. The highest BCUT2D eigenvalue weighted by atomic mass is 15.0. The van der Waals surface area contributed by atoms with Crippen molar-refractivity contribution in [1.82, 2.24) is 29.1 Å². The second kappa shape index (κ2) is 13.0. The van der Waals surface area contributed by atoms with E-state index in [1.54, 1.807) is 0 Å². The minimum absolute atomic E-state index is 0.670. The van der Waals surface area contributed by atoms with Gasteiger partial charge in [-0.15, -0.1) is 0 Å². The van der Waals surface area contributed by atoms with Gasteiger partial charge in [0, 0.05) is 74.4 Å². The highest BCUT2D eigenvalue weighted by Crippen LogP contribution is 2.38. The van der Waals surface area contributed by atoms with Crippen LogP contribution in [0.25, 0.3) is 100 Å². The molecule has 262 valence electrons. The van der Waals surface area contributed by atoms with Crippen molar-refractivity contribution in [3.63, 3.8) is 0 Å². The van der Waals surface area contributed by atoms with Crippen LogP contribution in [0.4, 0.5) is 0 Å². The summed E-state index contributed by atoms with van der Waals surface area (Å²) in [4.78, 5) is 19.5. The summed E-state index contributed by atoms with van der Waals surface area (Å²) >= 11 is 0. The van der Waals surface area contributed by atoms with Crippen molar-refractivity contribution >= 4 is 43.6 Å². The molecule has 6 aromatic carbocycles. The number of hydrogen-bond acceptors (Lipinski definition) is 4. The fraction of sp³-hybridized carbons (Fsp3) is 0. The smallest absolute Gasteiger partial charge is 0.160 e. The lowest BCUT2D eigenvalue weighted by molar-refractivity contribution is 1.12. The van der Waals surface area contributed by atoms with E-state index < -0.39 is 0 Å². The van der Waals surface area contributed by atoms with Gasteiger partial charge in [-0.25, -0.2) is 9.97 Å². The molecule has 0 spiro atoms. The zero-order chi connectivity index (χ0) is 37.0. The van der Waals surface area contributed by atoms with Gasteiger partial charge < -0.3 is 9.13 Å². The van der Waals surface area contributed by atoms with E-state index >= 15 is 0 Å². The van der Waals surface area contributed by atoms with Crippen LogP contribution < -0.4 is 0 Å². The maximum atomic E-state index is 5.31. The second-order valence-electron chi connectivity index (χ2n) is 14.0. The van der Waals surface area contributed by atoms with Crippen LogP contribution in [0.3, 0.4) is 0 Å². The lowest BCUT2D eigenvalue weighted by atomic mass is 10.0. The van der Waals surface area contributed by atoms with E-state index in [-0.39, 0.29) is 0 Å². The van der Waals surface area contributed by atoms with Gasteiger partial charge in [0.05, 0.1) is 33.5 Å². The Labute approximate surface area is 322 Å². The number of benzene rings is 6. The van der Waals surface area contributed by atoms with Crippen molar-refractivity contribution in [1.29, 1.82) is 0 Å². The van der Waals surface area contributed by atoms with Crippen LogP contribution in [0.15, 0.2) is 195 Å². The zero-order valence-corrected chi connectivity index (χ0v) is 30.2. The third-order valence-electron chi connectivity index (χ3n) is 10.7. The Morgan fingerprint density at radius 2 is 0.768 bits per heavy atom. The molecule has 56 heavy (non-hydrogen) atoms. The van der Waals surface area contributed by atoms with Crippen molar-refractivity contribution in [3.8, 4) is 56.4 Å². The molecule has 0 amide bonds. The van der Waals surface area contributed by atoms with Crippen LogP contribution in [-0.4, -0.2) is 29.1 Å². The van der Waals surface area contributed by atoms with Gasteiger partial charge in [-0.3, -0.25) is 9.97 Å². The summed E-state index contributed by atoms with van der Waals surface area (Å²) in [6.07, 6.45) is 7.66. The summed E-state index contributed by atoms with van der Waals surface area (Å²) in [6, 6.07) is 59.5. The summed E-state index contributed by atoms with van der Waals surface area (Å²) in [5.74, 6) is 0.670. The summed E-state index contributed by atoms with van der Waals surface area (Å²) in [6.45, 7) is 0. The quantitative estimate of drug-likeness (QED) is 0.172. The van der Waals surface area contributed by atoms with Gasteiger partial charge in [0.25, 0.3) is 0 Å². The van der Waals surface area contributed by atoms with Crippen LogP contribution in [0.2, 0.25) is 0 Å². The van der Waals surface area contributed by atoms with Crippen molar-refractivity contribution in [2.75, 3.05) is 0 Å². The second-order valence-corrected chi connectivity index (χ2v) is 14.0. The van der Waals surface area contributed by atoms with Crippen molar-refractivity contribution < 1.29 is 0 Å². The summed E-state index contributed by atoms with van der Waals surface area (Å²) < 4.78 is 4.69. The number of hydrogen-bond donors (Lipinski definition) is 0. The number of pyridine rings is 2. The molecule has 5 heterocycles. The molecule has 0 aliphatic carbocycles. The minimum Gasteiger partial charge on any atom is -0.309 e. The topological polar surface area (TPSA) is 61.4 Å². The normalized spacial score (nSPS) is 11.6. The average molecular weight is 717 g/mol. The third kappa shape index (κ3) is 5.27. The van der Waals surface area contributed by atoms with Gasteiger partial charge in [0.2, 0.25) is 0 Å². The summed E-state index contributed by atoms with van der Waals surface area (Å²) in [5, 5.41) is 4.51. The number of nitrogens with zero attached hydrogens (tertiary/aromatic N) is 6. The molecule has 0 atom stereocenters. The van der Waals surface area contributed by atoms with Crippen LogP contribution >= 0.6 is 0 Å². The predicted molar refractivity (Wildman–Crippen MR) is 228 cm³/mol. The molecule has 5 aromatic heterocycles. The Hall–Kier alpha value is -7.70. The molecular weight excluding hydrogens is 685 g/mol. The molecule has 0 saturated carbocycles. The molecule has 6 nitrogen and oxygen atoms in total. The van der Waals surface area contributed by atoms with Crippen molar-refractivity contribution in [3.05, 3.63) is 195 Å². The average Bonchev–Trinajstić information content (AvgIpc) is 3.80.